The Morgan fingerprint density at radius 3 is 2.21 bits per heavy atom. The van der Waals surface area contributed by atoms with E-state index in [0.717, 1.165) is 44.3 Å². The SMILES string of the molecule is CC(C)c1noc(N2CCC(N(C)CCOc3cc(F)c(NS(C)(=O)=O)c(F)c3)CC2)n1.O=C(O)C(=O)O. The van der Waals surface area contributed by atoms with E-state index in [1.165, 1.54) is 0 Å². The fraction of sp³-hybridized carbons (Fsp3) is 0.545. The maximum atomic E-state index is 14.1. The Morgan fingerprint density at radius 1 is 1.21 bits per heavy atom. The summed E-state index contributed by atoms with van der Waals surface area (Å²) >= 11 is 0. The van der Waals surface area contributed by atoms with Crippen molar-refractivity contribution in [2.24, 2.45) is 0 Å². The molecule has 0 aliphatic carbocycles. The molecule has 1 aromatic heterocycles. The molecular formula is C22H31F2N5O8S. The summed E-state index contributed by atoms with van der Waals surface area (Å²) in [6.07, 6.45) is 2.64. The Bertz CT molecular complexity index is 1180. The van der Waals surface area contributed by atoms with E-state index in [1.54, 1.807) is 0 Å². The van der Waals surface area contributed by atoms with Gasteiger partial charge in [0.25, 0.3) is 0 Å². The molecule has 0 bridgehead atoms. The van der Waals surface area contributed by atoms with Gasteiger partial charge in [-0.1, -0.05) is 19.0 Å². The van der Waals surface area contributed by atoms with Gasteiger partial charge >= 0.3 is 18.0 Å². The van der Waals surface area contributed by atoms with E-state index in [4.69, 9.17) is 29.1 Å². The van der Waals surface area contributed by atoms with Gasteiger partial charge in [0.1, 0.15) is 18.0 Å². The molecule has 2 aromatic rings. The molecule has 1 aliphatic rings. The fourth-order valence-electron chi connectivity index (χ4n) is 3.49. The van der Waals surface area contributed by atoms with Crippen molar-refractivity contribution in [2.75, 3.05) is 49.2 Å². The van der Waals surface area contributed by atoms with Crippen molar-refractivity contribution < 1.29 is 46.3 Å². The number of hydrogen-bond donors (Lipinski definition) is 3. The van der Waals surface area contributed by atoms with Gasteiger partial charge in [-0.3, -0.25) is 9.62 Å². The zero-order chi connectivity index (χ0) is 28.6. The number of hydrogen-bond acceptors (Lipinski definition) is 10. The monoisotopic (exact) mass is 563 g/mol. The molecule has 1 aromatic carbocycles. The number of nitrogens with one attached hydrogen (secondary N) is 1. The van der Waals surface area contributed by atoms with Gasteiger partial charge in [0.05, 0.1) is 6.26 Å². The van der Waals surface area contributed by atoms with Gasteiger partial charge in [0.2, 0.25) is 10.0 Å². The van der Waals surface area contributed by atoms with Crippen LogP contribution in [0.2, 0.25) is 0 Å². The highest BCUT2D eigenvalue weighted by molar-refractivity contribution is 7.92. The first-order valence-electron chi connectivity index (χ1n) is 11.5. The lowest BCUT2D eigenvalue weighted by Gasteiger charge is -2.35. The molecule has 0 radical (unpaired) electrons. The van der Waals surface area contributed by atoms with E-state index in [2.05, 4.69) is 19.9 Å². The summed E-state index contributed by atoms with van der Waals surface area (Å²) in [7, 11) is -1.81. The Kier molecular flexibility index (Phi) is 10.8. The number of halogens is 2. The molecule has 3 N–H and O–H groups in total. The summed E-state index contributed by atoms with van der Waals surface area (Å²) in [5, 5.41) is 18.8. The number of carboxylic acids is 2. The molecule has 2 heterocycles. The second-order valence-electron chi connectivity index (χ2n) is 8.88. The van der Waals surface area contributed by atoms with Gasteiger partial charge in [-0.15, -0.1) is 0 Å². The van der Waals surface area contributed by atoms with E-state index in [-0.39, 0.29) is 18.3 Å². The molecular weight excluding hydrogens is 532 g/mol. The number of ether oxygens (including phenoxy) is 1. The van der Waals surface area contributed by atoms with Crippen molar-refractivity contribution in [3.05, 3.63) is 29.6 Å². The van der Waals surface area contributed by atoms with E-state index >= 15 is 0 Å². The van der Waals surface area contributed by atoms with E-state index in [9.17, 15) is 17.2 Å². The van der Waals surface area contributed by atoms with E-state index in [1.807, 2.05) is 25.6 Å². The van der Waals surface area contributed by atoms with Crippen molar-refractivity contribution >= 4 is 33.7 Å². The molecule has 13 nitrogen and oxygen atoms in total. The lowest BCUT2D eigenvalue weighted by Crippen LogP contribution is -2.44. The smallest absolute Gasteiger partial charge is 0.414 e. The first kappa shape index (κ1) is 30.7. The largest absolute Gasteiger partial charge is 0.492 e. The molecule has 16 heteroatoms. The first-order valence-corrected chi connectivity index (χ1v) is 13.4. The zero-order valence-corrected chi connectivity index (χ0v) is 22.2. The molecule has 1 aliphatic heterocycles. The molecule has 0 saturated carbocycles. The highest BCUT2D eigenvalue weighted by atomic mass is 32.2. The predicted octanol–water partition coefficient (Wildman–Crippen LogP) is 1.98. The molecule has 1 saturated heterocycles. The Labute approximate surface area is 218 Å². The average molecular weight is 564 g/mol. The van der Waals surface area contributed by atoms with Crippen LogP contribution in [-0.4, -0.2) is 91.2 Å². The van der Waals surface area contributed by atoms with Crippen molar-refractivity contribution in [3.63, 3.8) is 0 Å². The highest BCUT2D eigenvalue weighted by Gasteiger charge is 2.26. The number of rotatable bonds is 9. The fourth-order valence-corrected chi connectivity index (χ4v) is 4.06. The van der Waals surface area contributed by atoms with Crippen LogP contribution in [-0.2, 0) is 19.6 Å². The molecule has 0 amide bonds. The van der Waals surface area contributed by atoms with Gasteiger partial charge in [-0.05, 0) is 19.9 Å². The second kappa shape index (κ2) is 13.3. The third kappa shape index (κ3) is 9.41. The van der Waals surface area contributed by atoms with Crippen LogP contribution in [0.1, 0.15) is 38.4 Å². The molecule has 0 unspecified atom stereocenters. The first-order chi connectivity index (χ1) is 17.7. The lowest BCUT2D eigenvalue weighted by atomic mass is 10.0. The summed E-state index contributed by atoms with van der Waals surface area (Å²) in [5.74, 6) is -4.81. The quantitative estimate of drug-likeness (QED) is 0.379. The summed E-state index contributed by atoms with van der Waals surface area (Å²) < 4.78 is 63.2. The third-order valence-electron chi connectivity index (χ3n) is 5.50. The molecule has 0 spiro atoms. The number of likely N-dealkylation sites (N-methyl/N-ethyl adjacent to an activating group) is 1. The topological polar surface area (TPSA) is 175 Å². The molecule has 38 heavy (non-hydrogen) atoms. The number of carbonyl (C=O) groups is 2. The van der Waals surface area contributed by atoms with Gasteiger partial charge in [0, 0.05) is 43.7 Å². The van der Waals surface area contributed by atoms with Gasteiger partial charge < -0.3 is 24.4 Å². The number of sulfonamides is 1. The minimum Gasteiger partial charge on any atom is -0.492 e. The number of piperidine rings is 1. The molecule has 1 fully saturated rings. The summed E-state index contributed by atoms with van der Waals surface area (Å²) in [4.78, 5) is 26.9. The van der Waals surface area contributed by atoms with Crippen molar-refractivity contribution in [2.45, 2.75) is 38.6 Å². The number of benzene rings is 1. The van der Waals surface area contributed by atoms with Crippen LogP contribution >= 0.6 is 0 Å². The van der Waals surface area contributed by atoms with Gasteiger partial charge in [-0.25, -0.2) is 26.8 Å². The van der Waals surface area contributed by atoms with E-state index < -0.39 is 39.3 Å². The van der Waals surface area contributed by atoms with Gasteiger partial charge in [0.15, 0.2) is 17.5 Å². The molecule has 212 valence electrons. The maximum absolute atomic E-state index is 14.1. The third-order valence-corrected chi connectivity index (χ3v) is 6.08. The summed E-state index contributed by atoms with van der Waals surface area (Å²) in [5.41, 5.74) is -0.717. The zero-order valence-electron chi connectivity index (χ0n) is 21.3. The van der Waals surface area contributed by atoms with Crippen LogP contribution in [0, 0.1) is 11.6 Å². The minimum atomic E-state index is -3.79. The standard InChI is InChI=1S/C20H29F2N5O4S.C2H2O4/c1-13(2)19-23-20(31-24-19)27-7-5-14(6-8-27)26(3)9-10-30-15-11-16(21)18(17(22)12-15)25-32(4,28)29;3-1(4)2(5)6/h11-14,25H,5-10H2,1-4H3;(H,3,4)(H,5,6). The van der Waals surface area contributed by atoms with Crippen LogP contribution < -0.4 is 14.4 Å². The van der Waals surface area contributed by atoms with Crippen LogP contribution in [0.5, 0.6) is 5.75 Å². The highest BCUT2D eigenvalue weighted by Crippen LogP contribution is 2.26. The summed E-state index contributed by atoms with van der Waals surface area (Å²) in [6, 6.07) is 2.81. The van der Waals surface area contributed by atoms with Gasteiger partial charge in [-0.2, -0.15) is 4.98 Å². The van der Waals surface area contributed by atoms with Crippen LogP contribution in [0.25, 0.3) is 0 Å². The number of anilines is 2. The second-order valence-corrected chi connectivity index (χ2v) is 10.6. The average Bonchev–Trinajstić information content (AvgIpc) is 3.32. The summed E-state index contributed by atoms with van der Waals surface area (Å²) in [6.45, 7) is 6.41. The van der Waals surface area contributed by atoms with Crippen molar-refractivity contribution in [1.29, 1.82) is 0 Å². The number of aliphatic carboxylic acids is 2. The number of nitrogens with zero attached hydrogens (tertiary/aromatic N) is 4. The molecule has 0 atom stereocenters. The number of carboxylic acid groups (broad SMARTS) is 2. The maximum Gasteiger partial charge on any atom is 0.414 e. The Balaban J connectivity index is 0.000000757. The normalized spacial score (nSPS) is 14.3. The lowest BCUT2D eigenvalue weighted by molar-refractivity contribution is -0.159. The minimum absolute atomic E-state index is 0.000351. The Hall–Kier alpha value is -3.53. The van der Waals surface area contributed by atoms with Crippen molar-refractivity contribution in [3.8, 4) is 5.75 Å². The Morgan fingerprint density at radius 2 is 1.76 bits per heavy atom. The van der Waals surface area contributed by atoms with Crippen LogP contribution in [0.3, 0.4) is 0 Å². The predicted molar refractivity (Wildman–Crippen MR) is 132 cm³/mol. The molecule has 3 rings (SSSR count). The number of aromatic nitrogens is 2. The van der Waals surface area contributed by atoms with Crippen LogP contribution in [0.4, 0.5) is 20.5 Å². The van der Waals surface area contributed by atoms with Crippen LogP contribution in [0.15, 0.2) is 16.7 Å². The van der Waals surface area contributed by atoms with Crippen molar-refractivity contribution in [1.82, 2.24) is 15.0 Å². The van der Waals surface area contributed by atoms with E-state index in [0.29, 0.717) is 24.4 Å².